The quantitative estimate of drug-likeness (QED) is 0.813. The molecule has 0 radical (unpaired) electrons. The Bertz CT molecular complexity index is 700. The standard InChI is InChI=1S/C18H27N3OS/c1-19(12-13-21-9-4-3-5-10-21)11-8-15-6-7-16-17(14-15)23-18(22)20(16)2/h6-7,14H,3-5,8-13H2,1-2H3. The van der Waals surface area contributed by atoms with Gasteiger partial charge >= 0.3 is 4.87 Å². The maximum Gasteiger partial charge on any atom is 0.307 e. The van der Waals surface area contributed by atoms with Gasteiger partial charge in [-0.05, 0) is 57.1 Å². The maximum absolute atomic E-state index is 11.7. The normalized spacial score (nSPS) is 16.5. The van der Waals surface area contributed by atoms with Crippen LogP contribution < -0.4 is 4.87 Å². The van der Waals surface area contributed by atoms with Gasteiger partial charge in [0.15, 0.2) is 0 Å². The molecule has 23 heavy (non-hydrogen) atoms. The molecule has 126 valence electrons. The van der Waals surface area contributed by atoms with Crippen LogP contribution in [0.3, 0.4) is 0 Å². The summed E-state index contributed by atoms with van der Waals surface area (Å²) in [4.78, 5) is 16.9. The molecule has 1 aliphatic rings. The van der Waals surface area contributed by atoms with E-state index < -0.39 is 0 Å². The molecule has 2 heterocycles. The number of piperidine rings is 1. The Labute approximate surface area is 142 Å². The molecule has 0 atom stereocenters. The first kappa shape index (κ1) is 16.7. The van der Waals surface area contributed by atoms with Crippen LogP contribution in [-0.4, -0.2) is 54.1 Å². The van der Waals surface area contributed by atoms with Crippen molar-refractivity contribution in [2.45, 2.75) is 25.7 Å². The fourth-order valence-electron chi connectivity index (χ4n) is 3.26. The minimum Gasteiger partial charge on any atom is -0.305 e. The molecule has 3 rings (SSSR count). The Morgan fingerprint density at radius 3 is 2.74 bits per heavy atom. The molecule has 1 aromatic heterocycles. The lowest BCUT2D eigenvalue weighted by Gasteiger charge is -2.28. The number of likely N-dealkylation sites (N-methyl/N-ethyl adjacent to an activating group) is 1. The van der Waals surface area contributed by atoms with Crippen molar-refractivity contribution in [1.29, 1.82) is 0 Å². The van der Waals surface area contributed by atoms with Gasteiger partial charge in [-0.3, -0.25) is 4.79 Å². The Balaban J connectivity index is 1.50. The number of likely N-dealkylation sites (tertiary alicyclic amines) is 1. The highest BCUT2D eigenvalue weighted by Gasteiger charge is 2.11. The predicted octanol–water partition coefficient (Wildman–Crippen LogP) is 2.56. The number of hydrogen-bond donors (Lipinski definition) is 0. The van der Waals surface area contributed by atoms with Crippen molar-refractivity contribution in [3.05, 3.63) is 33.4 Å². The van der Waals surface area contributed by atoms with E-state index in [-0.39, 0.29) is 4.87 Å². The first-order valence-electron chi connectivity index (χ1n) is 8.63. The summed E-state index contributed by atoms with van der Waals surface area (Å²) < 4.78 is 2.83. The second-order valence-electron chi connectivity index (χ2n) is 6.68. The van der Waals surface area contributed by atoms with Crippen LogP contribution >= 0.6 is 11.3 Å². The Kier molecular flexibility index (Phi) is 5.51. The van der Waals surface area contributed by atoms with Gasteiger partial charge in [0.05, 0.1) is 10.2 Å². The van der Waals surface area contributed by atoms with Crippen LogP contribution in [0, 0.1) is 0 Å². The molecular formula is C18H27N3OS. The molecule has 0 unspecified atom stereocenters. The molecule has 0 aliphatic carbocycles. The Morgan fingerprint density at radius 1 is 1.17 bits per heavy atom. The first-order chi connectivity index (χ1) is 11.1. The maximum atomic E-state index is 11.7. The van der Waals surface area contributed by atoms with Crippen molar-refractivity contribution in [3.8, 4) is 0 Å². The lowest BCUT2D eigenvalue weighted by molar-refractivity contribution is 0.197. The van der Waals surface area contributed by atoms with E-state index in [1.54, 1.807) is 4.57 Å². The van der Waals surface area contributed by atoms with Gasteiger partial charge in [0.1, 0.15) is 0 Å². The molecule has 0 saturated carbocycles. The van der Waals surface area contributed by atoms with Crippen LogP contribution in [0.15, 0.2) is 23.0 Å². The zero-order valence-corrected chi connectivity index (χ0v) is 15.1. The predicted molar refractivity (Wildman–Crippen MR) is 98.6 cm³/mol. The van der Waals surface area contributed by atoms with E-state index in [1.165, 1.54) is 55.8 Å². The summed E-state index contributed by atoms with van der Waals surface area (Å²) in [6.45, 7) is 5.95. The summed E-state index contributed by atoms with van der Waals surface area (Å²) in [6.07, 6.45) is 5.18. The SMILES string of the molecule is CN(CCc1ccc2c(c1)sc(=O)n2C)CCN1CCCCC1. The third-order valence-corrected chi connectivity index (χ3v) is 5.88. The average Bonchev–Trinajstić information content (AvgIpc) is 2.86. The van der Waals surface area contributed by atoms with E-state index >= 15 is 0 Å². The van der Waals surface area contributed by atoms with Gasteiger partial charge in [-0.2, -0.15) is 0 Å². The van der Waals surface area contributed by atoms with Crippen molar-refractivity contribution in [1.82, 2.24) is 14.4 Å². The highest BCUT2D eigenvalue weighted by molar-refractivity contribution is 7.16. The summed E-state index contributed by atoms with van der Waals surface area (Å²) in [5.74, 6) is 0. The van der Waals surface area contributed by atoms with Crippen LogP contribution in [0.1, 0.15) is 24.8 Å². The summed E-state index contributed by atoms with van der Waals surface area (Å²) >= 11 is 1.34. The molecule has 1 aromatic carbocycles. The van der Waals surface area contributed by atoms with Crippen molar-refractivity contribution in [2.24, 2.45) is 7.05 Å². The average molecular weight is 334 g/mol. The summed E-state index contributed by atoms with van der Waals surface area (Å²) in [7, 11) is 4.05. The summed E-state index contributed by atoms with van der Waals surface area (Å²) in [5.41, 5.74) is 2.37. The number of rotatable bonds is 6. The van der Waals surface area contributed by atoms with Crippen molar-refractivity contribution in [2.75, 3.05) is 39.8 Å². The molecule has 1 fully saturated rings. The third kappa shape index (κ3) is 4.22. The lowest BCUT2D eigenvalue weighted by atomic mass is 10.1. The lowest BCUT2D eigenvalue weighted by Crippen LogP contribution is -2.37. The van der Waals surface area contributed by atoms with E-state index in [1.807, 2.05) is 7.05 Å². The van der Waals surface area contributed by atoms with Gasteiger partial charge in [-0.15, -0.1) is 0 Å². The van der Waals surface area contributed by atoms with E-state index in [2.05, 4.69) is 35.0 Å². The summed E-state index contributed by atoms with van der Waals surface area (Å²) in [6, 6.07) is 6.42. The molecule has 1 aliphatic heterocycles. The fourth-order valence-corrected chi connectivity index (χ4v) is 4.20. The van der Waals surface area contributed by atoms with Crippen LogP contribution in [0.25, 0.3) is 10.2 Å². The second kappa shape index (κ2) is 7.60. The van der Waals surface area contributed by atoms with Crippen LogP contribution in [0.2, 0.25) is 0 Å². The minimum atomic E-state index is 0.121. The molecule has 0 amide bonds. The Hall–Kier alpha value is -1.17. The third-order valence-electron chi connectivity index (χ3n) is 4.89. The van der Waals surface area contributed by atoms with Crippen LogP contribution in [0.5, 0.6) is 0 Å². The summed E-state index contributed by atoms with van der Waals surface area (Å²) in [5, 5.41) is 0. The van der Waals surface area contributed by atoms with E-state index in [4.69, 9.17) is 0 Å². The van der Waals surface area contributed by atoms with Crippen molar-refractivity contribution in [3.63, 3.8) is 0 Å². The zero-order valence-electron chi connectivity index (χ0n) is 14.3. The van der Waals surface area contributed by atoms with Crippen LogP contribution in [0.4, 0.5) is 0 Å². The minimum absolute atomic E-state index is 0.121. The number of nitrogens with zero attached hydrogens (tertiary/aromatic N) is 3. The van der Waals surface area contributed by atoms with Crippen molar-refractivity contribution >= 4 is 21.6 Å². The number of fused-ring (bicyclic) bond motifs is 1. The number of thiazole rings is 1. The van der Waals surface area contributed by atoms with E-state index in [9.17, 15) is 4.79 Å². The topological polar surface area (TPSA) is 28.5 Å². The van der Waals surface area contributed by atoms with Gasteiger partial charge in [-0.1, -0.05) is 23.8 Å². The highest BCUT2D eigenvalue weighted by Crippen LogP contribution is 2.18. The molecule has 2 aromatic rings. The van der Waals surface area contributed by atoms with Gasteiger partial charge in [-0.25, -0.2) is 0 Å². The molecule has 0 N–H and O–H groups in total. The van der Waals surface area contributed by atoms with Crippen molar-refractivity contribution < 1.29 is 0 Å². The highest BCUT2D eigenvalue weighted by atomic mass is 32.1. The van der Waals surface area contributed by atoms with Gasteiger partial charge in [0, 0.05) is 26.7 Å². The van der Waals surface area contributed by atoms with E-state index in [0.29, 0.717) is 0 Å². The largest absolute Gasteiger partial charge is 0.307 e. The van der Waals surface area contributed by atoms with Gasteiger partial charge in [0.25, 0.3) is 0 Å². The molecule has 0 bridgehead atoms. The smallest absolute Gasteiger partial charge is 0.305 e. The van der Waals surface area contributed by atoms with E-state index in [0.717, 1.165) is 29.7 Å². The fraction of sp³-hybridized carbons (Fsp3) is 0.611. The molecule has 0 spiro atoms. The number of benzene rings is 1. The Morgan fingerprint density at radius 2 is 1.96 bits per heavy atom. The molecular weight excluding hydrogens is 306 g/mol. The number of aryl methyl sites for hydroxylation is 1. The zero-order chi connectivity index (χ0) is 16.2. The molecule has 4 nitrogen and oxygen atoms in total. The second-order valence-corrected chi connectivity index (χ2v) is 7.68. The van der Waals surface area contributed by atoms with Gasteiger partial charge in [0.2, 0.25) is 0 Å². The molecule has 1 saturated heterocycles. The first-order valence-corrected chi connectivity index (χ1v) is 9.44. The van der Waals surface area contributed by atoms with Gasteiger partial charge < -0.3 is 14.4 Å². The number of aromatic nitrogens is 1. The molecule has 5 heteroatoms. The monoisotopic (exact) mass is 333 g/mol. The van der Waals surface area contributed by atoms with Crippen LogP contribution in [-0.2, 0) is 13.5 Å². The number of hydrogen-bond acceptors (Lipinski definition) is 4.